The fourth-order valence-corrected chi connectivity index (χ4v) is 0.236. The van der Waals surface area contributed by atoms with Crippen LogP contribution in [0.15, 0.2) is 0 Å². The Morgan fingerprint density at radius 2 is 1.57 bits per heavy atom. The van der Waals surface area contributed by atoms with Gasteiger partial charge in [-0.2, -0.15) is 0 Å². The van der Waals surface area contributed by atoms with Crippen LogP contribution in [0, 0.1) is 0 Å². The molecule has 40 valence electrons. The van der Waals surface area contributed by atoms with Crippen LogP contribution in [-0.4, -0.2) is 22.9 Å². The van der Waals surface area contributed by atoms with Gasteiger partial charge in [-0.1, -0.05) is 0 Å². The molecular formula is C3H6O3Si. The minimum absolute atomic E-state index is 0. The molecule has 0 aromatic rings. The van der Waals surface area contributed by atoms with Crippen molar-refractivity contribution in [3.05, 3.63) is 0 Å². The summed E-state index contributed by atoms with van der Waals surface area (Å²) in [4.78, 5) is 19.3. The van der Waals surface area contributed by atoms with Gasteiger partial charge in [0.25, 0.3) is 0 Å². The Kier molecular flexibility index (Phi) is 1.71. The van der Waals surface area contributed by atoms with Gasteiger partial charge in [-0.25, -0.2) is 0 Å². The number of esters is 2. The van der Waals surface area contributed by atoms with E-state index in [0.29, 0.717) is 0 Å². The van der Waals surface area contributed by atoms with Crippen molar-refractivity contribution in [2.45, 2.75) is 6.42 Å². The van der Waals surface area contributed by atoms with Crippen molar-refractivity contribution in [3.8, 4) is 0 Å². The normalized spacial score (nSPS) is 16.6. The zero-order valence-electron chi connectivity index (χ0n) is 2.93. The van der Waals surface area contributed by atoms with E-state index in [1.54, 1.807) is 0 Å². The maximum absolute atomic E-state index is 9.67. The fraction of sp³-hybridized carbons (Fsp3) is 0.333. The second-order valence-corrected chi connectivity index (χ2v) is 1.02. The minimum atomic E-state index is -0.417. The van der Waals surface area contributed by atoms with Gasteiger partial charge in [0.1, 0.15) is 6.42 Å². The van der Waals surface area contributed by atoms with E-state index in [2.05, 4.69) is 4.74 Å². The summed E-state index contributed by atoms with van der Waals surface area (Å²) in [6.07, 6.45) is -0.0278. The Bertz CT molecular complexity index is 86.7. The van der Waals surface area contributed by atoms with Crippen molar-refractivity contribution in [1.29, 1.82) is 0 Å². The Labute approximate surface area is 44.7 Å². The molecule has 0 N–H and O–H groups in total. The average molecular weight is 118 g/mol. The van der Waals surface area contributed by atoms with Crippen molar-refractivity contribution in [2.75, 3.05) is 0 Å². The molecule has 0 spiro atoms. The first-order valence-corrected chi connectivity index (χ1v) is 1.52. The molecule has 1 heterocycles. The van der Waals surface area contributed by atoms with Gasteiger partial charge < -0.3 is 4.74 Å². The standard InChI is InChI=1S/C3H2O3.H4Si/c4-2-1-3(5)6-2;/h1H2;1H4. The van der Waals surface area contributed by atoms with E-state index < -0.39 is 11.9 Å². The van der Waals surface area contributed by atoms with Crippen LogP contribution in [0.1, 0.15) is 6.42 Å². The summed E-state index contributed by atoms with van der Waals surface area (Å²) >= 11 is 0. The summed E-state index contributed by atoms with van der Waals surface area (Å²) in [5.74, 6) is -0.833. The van der Waals surface area contributed by atoms with Crippen LogP contribution in [0.4, 0.5) is 0 Å². The Morgan fingerprint density at radius 1 is 1.29 bits per heavy atom. The van der Waals surface area contributed by atoms with Crippen molar-refractivity contribution >= 4 is 22.9 Å². The van der Waals surface area contributed by atoms with Gasteiger partial charge in [0.15, 0.2) is 0 Å². The Hall–Kier alpha value is -0.643. The number of ether oxygens (including phenoxy) is 1. The molecule has 1 fully saturated rings. The van der Waals surface area contributed by atoms with Gasteiger partial charge in [0, 0.05) is 0 Å². The highest BCUT2D eigenvalue weighted by molar-refractivity contribution is 6.06. The summed E-state index contributed by atoms with van der Waals surface area (Å²) < 4.78 is 3.86. The third kappa shape index (κ3) is 1.12. The predicted molar refractivity (Wildman–Crippen MR) is 27.0 cm³/mol. The molecule has 0 atom stereocenters. The van der Waals surface area contributed by atoms with Crippen LogP contribution in [0.5, 0.6) is 0 Å². The van der Waals surface area contributed by atoms with Crippen molar-refractivity contribution in [2.24, 2.45) is 0 Å². The summed E-state index contributed by atoms with van der Waals surface area (Å²) in [6, 6.07) is 0. The fourth-order valence-electron chi connectivity index (χ4n) is 0.236. The number of rotatable bonds is 0. The van der Waals surface area contributed by atoms with E-state index in [0.717, 1.165) is 0 Å². The van der Waals surface area contributed by atoms with Gasteiger partial charge in [-0.3, -0.25) is 9.59 Å². The van der Waals surface area contributed by atoms with Crippen LogP contribution < -0.4 is 0 Å². The highest BCUT2D eigenvalue weighted by Gasteiger charge is 2.24. The van der Waals surface area contributed by atoms with Crippen LogP contribution in [-0.2, 0) is 14.3 Å². The lowest BCUT2D eigenvalue weighted by molar-refractivity contribution is -0.174. The highest BCUT2D eigenvalue weighted by atomic mass is 28.1. The van der Waals surface area contributed by atoms with Crippen molar-refractivity contribution in [1.82, 2.24) is 0 Å². The van der Waals surface area contributed by atoms with Gasteiger partial charge >= 0.3 is 11.9 Å². The monoisotopic (exact) mass is 118 g/mol. The minimum Gasteiger partial charge on any atom is -0.392 e. The second kappa shape index (κ2) is 1.88. The zero-order chi connectivity index (χ0) is 4.57. The van der Waals surface area contributed by atoms with Crippen LogP contribution in [0.3, 0.4) is 0 Å². The topological polar surface area (TPSA) is 43.4 Å². The largest absolute Gasteiger partial charge is 0.392 e. The van der Waals surface area contributed by atoms with E-state index in [4.69, 9.17) is 0 Å². The molecule has 1 saturated heterocycles. The SMILES string of the molecule is O=C1CC(=O)O1.[SiH4]. The van der Waals surface area contributed by atoms with E-state index in [-0.39, 0.29) is 17.4 Å². The third-order valence-electron chi connectivity index (χ3n) is 0.516. The molecule has 0 aromatic heterocycles. The molecule has 0 saturated carbocycles. The number of hydrogen-bond donors (Lipinski definition) is 0. The highest BCUT2D eigenvalue weighted by Crippen LogP contribution is 2.00. The maximum Gasteiger partial charge on any atom is 0.324 e. The number of cyclic esters (lactones) is 2. The summed E-state index contributed by atoms with van der Waals surface area (Å²) in [7, 11) is 0. The zero-order valence-corrected chi connectivity index (χ0v) is 2.93. The molecule has 0 bridgehead atoms. The van der Waals surface area contributed by atoms with Gasteiger partial charge in [-0.05, 0) is 11.0 Å². The summed E-state index contributed by atoms with van der Waals surface area (Å²) in [5, 5.41) is 0. The van der Waals surface area contributed by atoms with E-state index in [1.807, 2.05) is 0 Å². The Morgan fingerprint density at radius 3 is 1.57 bits per heavy atom. The average Bonchev–Trinajstić information content (AvgIpc) is 1.33. The first-order chi connectivity index (χ1) is 2.79. The second-order valence-electron chi connectivity index (χ2n) is 1.02. The predicted octanol–water partition coefficient (Wildman–Crippen LogP) is -1.99. The molecular weight excluding hydrogens is 112 g/mol. The maximum atomic E-state index is 9.67. The van der Waals surface area contributed by atoms with E-state index >= 15 is 0 Å². The smallest absolute Gasteiger partial charge is 0.324 e. The summed E-state index contributed by atoms with van der Waals surface area (Å²) in [5.41, 5.74) is 0. The first kappa shape index (κ1) is 6.36. The molecule has 4 heteroatoms. The van der Waals surface area contributed by atoms with Gasteiger partial charge in [0.05, 0.1) is 0 Å². The molecule has 0 radical (unpaired) electrons. The molecule has 0 amide bonds. The quantitative estimate of drug-likeness (QED) is 0.210. The first-order valence-electron chi connectivity index (χ1n) is 1.52. The lowest BCUT2D eigenvalue weighted by atomic mass is 10.4. The van der Waals surface area contributed by atoms with Gasteiger partial charge in [0.2, 0.25) is 0 Å². The van der Waals surface area contributed by atoms with Crippen molar-refractivity contribution in [3.63, 3.8) is 0 Å². The number of carbonyl (C=O) groups excluding carboxylic acids is 2. The molecule has 1 aliphatic rings. The van der Waals surface area contributed by atoms with Crippen LogP contribution in [0.25, 0.3) is 0 Å². The van der Waals surface area contributed by atoms with Gasteiger partial charge in [-0.15, -0.1) is 0 Å². The Balaban J connectivity index is 0.000000360. The summed E-state index contributed by atoms with van der Waals surface area (Å²) in [6.45, 7) is 0. The van der Waals surface area contributed by atoms with Crippen LogP contribution >= 0.6 is 0 Å². The molecule has 0 aromatic carbocycles. The third-order valence-corrected chi connectivity index (χ3v) is 0.516. The van der Waals surface area contributed by atoms with Crippen LogP contribution in [0.2, 0.25) is 0 Å². The number of hydrogen-bond acceptors (Lipinski definition) is 3. The molecule has 7 heavy (non-hydrogen) atoms. The van der Waals surface area contributed by atoms with Crippen molar-refractivity contribution < 1.29 is 14.3 Å². The lowest BCUT2D eigenvalue weighted by Crippen LogP contribution is -2.26. The molecule has 1 rings (SSSR count). The van der Waals surface area contributed by atoms with E-state index in [1.165, 1.54) is 0 Å². The van der Waals surface area contributed by atoms with E-state index in [9.17, 15) is 9.59 Å². The lowest BCUT2D eigenvalue weighted by Gasteiger charge is -2.06. The number of carbonyl (C=O) groups is 2. The molecule has 0 aliphatic carbocycles. The molecule has 3 nitrogen and oxygen atoms in total. The molecule has 0 unspecified atom stereocenters. The molecule has 1 aliphatic heterocycles.